The van der Waals surface area contributed by atoms with Crippen LogP contribution >= 0.6 is 11.6 Å². The lowest BCUT2D eigenvalue weighted by atomic mass is 10.1. The monoisotopic (exact) mass is 478 g/mol. The molecule has 1 aliphatic carbocycles. The van der Waals surface area contributed by atoms with Gasteiger partial charge in [-0.05, 0) is 55.3 Å². The summed E-state index contributed by atoms with van der Waals surface area (Å²) < 4.78 is 0. The minimum absolute atomic E-state index is 0.0301. The van der Waals surface area contributed by atoms with Crippen LogP contribution in [0.4, 0.5) is 17.1 Å². The maximum absolute atomic E-state index is 12.9. The fourth-order valence-corrected chi connectivity index (χ4v) is 3.44. The highest BCUT2D eigenvalue weighted by atomic mass is 35.5. The average molecular weight is 479 g/mol. The van der Waals surface area contributed by atoms with Gasteiger partial charge in [-0.2, -0.15) is 0 Å². The van der Waals surface area contributed by atoms with Gasteiger partial charge < -0.3 is 16.0 Å². The Morgan fingerprint density at radius 2 is 1.53 bits per heavy atom. The molecule has 0 saturated heterocycles. The second kappa shape index (κ2) is 9.72. The number of rotatable bonds is 7. The standard InChI is InChI=1S/C24H19ClN4O5/c25-20-13-17(29(33)34)11-12-18(20)23(31)28-21-4-2-1-3-19(21)24(32)27-15-7-5-14(6-8-15)22(30)26-16-9-10-16/h1-8,11-13,16H,9-10H2,(H,26,30)(H,27,32)(H,28,31). The number of nitro groups is 1. The number of benzene rings is 3. The Labute approximate surface area is 199 Å². The van der Waals surface area contributed by atoms with E-state index in [-0.39, 0.29) is 39.5 Å². The number of hydrogen-bond acceptors (Lipinski definition) is 5. The smallest absolute Gasteiger partial charge is 0.270 e. The van der Waals surface area contributed by atoms with E-state index in [1.807, 2.05) is 0 Å². The highest BCUT2D eigenvalue weighted by Gasteiger charge is 2.24. The zero-order chi connectivity index (χ0) is 24.2. The molecular formula is C24H19ClN4O5. The molecule has 0 aromatic heterocycles. The highest BCUT2D eigenvalue weighted by Crippen LogP contribution is 2.25. The molecule has 0 aliphatic heterocycles. The first kappa shape index (κ1) is 22.9. The van der Waals surface area contributed by atoms with Crippen molar-refractivity contribution in [2.75, 3.05) is 10.6 Å². The second-order valence-corrected chi connectivity index (χ2v) is 8.11. The van der Waals surface area contributed by atoms with Crippen molar-refractivity contribution in [2.24, 2.45) is 0 Å². The maximum atomic E-state index is 12.9. The molecule has 0 spiro atoms. The number of halogens is 1. The summed E-state index contributed by atoms with van der Waals surface area (Å²) in [5, 5.41) is 19.1. The minimum Gasteiger partial charge on any atom is -0.349 e. The molecule has 10 heteroatoms. The van der Waals surface area contributed by atoms with Crippen LogP contribution < -0.4 is 16.0 Å². The number of carbonyl (C=O) groups is 3. The molecule has 0 unspecified atom stereocenters. The predicted molar refractivity (Wildman–Crippen MR) is 127 cm³/mol. The summed E-state index contributed by atoms with van der Waals surface area (Å²) >= 11 is 6.04. The Bertz CT molecular complexity index is 1290. The Kier molecular flexibility index (Phi) is 6.55. The summed E-state index contributed by atoms with van der Waals surface area (Å²) in [7, 11) is 0. The molecule has 4 rings (SSSR count). The number of amides is 3. The number of para-hydroxylation sites is 1. The maximum Gasteiger partial charge on any atom is 0.270 e. The summed E-state index contributed by atoms with van der Waals surface area (Å²) in [6, 6.07) is 16.6. The van der Waals surface area contributed by atoms with Crippen LogP contribution in [0.25, 0.3) is 0 Å². The number of anilines is 2. The lowest BCUT2D eigenvalue weighted by molar-refractivity contribution is -0.384. The van der Waals surface area contributed by atoms with Gasteiger partial charge >= 0.3 is 0 Å². The van der Waals surface area contributed by atoms with Crippen LogP contribution in [-0.4, -0.2) is 28.7 Å². The van der Waals surface area contributed by atoms with E-state index in [9.17, 15) is 24.5 Å². The summed E-state index contributed by atoms with van der Waals surface area (Å²) in [6.45, 7) is 0. The average Bonchev–Trinajstić information content (AvgIpc) is 3.63. The van der Waals surface area contributed by atoms with Crippen molar-refractivity contribution in [2.45, 2.75) is 18.9 Å². The quantitative estimate of drug-likeness (QED) is 0.336. The van der Waals surface area contributed by atoms with E-state index in [4.69, 9.17) is 11.6 Å². The molecular weight excluding hydrogens is 460 g/mol. The Morgan fingerprint density at radius 3 is 2.18 bits per heavy atom. The minimum atomic E-state index is -0.619. The van der Waals surface area contributed by atoms with Crippen LogP contribution in [0.15, 0.2) is 66.7 Å². The molecule has 3 N–H and O–H groups in total. The van der Waals surface area contributed by atoms with E-state index in [1.54, 1.807) is 48.5 Å². The summed E-state index contributed by atoms with van der Waals surface area (Å²) in [5.41, 5.74) is 1.20. The summed E-state index contributed by atoms with van der Waals surface area (Å²) in [4.78, 5) is 47.9. The topological polar surface area (TPSA) is 130 Å². The van der Waals surface area contributed by atoms with Crippen molar-refractivity contribution in [1.82, 2.24) is 5.32 Å². The third-order valence-corrected chi connectivity index (χ3v) is 5.46. The fourth-order valence-electron chi connectivity index (χ4n) is 3.18. The molecule has 9 nitrogen and oxygen atoms in total. The number of non-ortho nitro benzene ring substituents is 1. The first-order valence-electron chi connectivity index (χ1n) is 10.4. The highest BCUT2D eigenvalue weighted by molar-refractivity contribution is 6.34. The summed E-state index contributed by atoms with van der Waals surface area (Å²) in [6.07, 6.45) is 1.98. The van der Waals surface area contributed by atoms with E-state index < -0.39 is 16.7 Å². The van der Waals surface area contributed by atoms with Crippen molar-refractivity contribution in [3.63, 3.8) is 0 Å². The van der Waals surface area contributed by atoms with Gasteiger partial charge in [0.1, 0.15) is 0 Å². The third-order valence-electron chi connectivity index (χ3n) is 5.15. The van der Waals surface area contributed by atoms with E-state index in [2.05, 4.69) is 16.0 Å². The van der Waals surface area contributed by atoms with Gasteiger partial charge in [0.2, 0.25) is 0 Å². The lowest BCUT2D eigenvalue weighted by Crippen LogP contribution is -2.25. The summed E-state index contributed by atoms with van der Waals surface area (Å²) in [5.74, 6) is -1.25. The van der Waals surface area contributed by atoms with Gasteiger partial charge in [0.15, 0.2) is 0 Å². The van der Waals surface area contributed by atoms with Gasteiger partial charge in [-0.3, -0.25) is 24.5 Å². The molecule has 3 aromatic rings. The van der Waals surface area contributed by atoms with Crippen molar-refractivity contribution in [3.05, 3.63) is 98.6 Å². The van der Waals surface area contributed by atoms with Crippen LogP contribution in [-0.2, 0) is 0 Å². The SMILES string of the molecule is O=C(NC1CC1)c1ccc(NC(=O)c2ccccc2NC(=O)c2ccc([N+](=O)[O-])cc2Cl)cc1. The van der Waals surface area contributed by atoms with Gasteiger partial charge in [0.05, 0.1) is 26.8 Å². The largest absolute Gasteiger partial charge is 0.349 e. The lowest BCUT2D eigenvalue weighted by Gasteiger charge is -2.12. The van der Waals surface area contributed by atoms with Crippen molar-refractivity contribution in [1.29, 1.82) is 0 Å². The third kappa shape index (κ3) is 5.38. The Balaban J connectivity index is 1.46. The molecule has 172 valence electrons. The van der Waals surface area contributed by atoms with Gasteiger partial charge in [-0.15, -0.1) is 0 Å². The number of carbonyl (C=O) groups excluding carboxylic acids is 3. The molecule has 1 saturated carbocycles. The van der Waals surface area contributed by atoms with Crippen LogP contribution in [0.2, 0.25) is 5.02 Å². The first-order valence-corrected chi connectivity index (χ1v) is 10.8. The predicted octanol–water partition coefficient (Wildman–Crippen LogP) is 4.65. The molecule has 34 heavy (non-hydrogen) atoms. The van der Waals surface area contributed by atoms with E-state index in [1.165, 1.54) is 12.1 Å². The first-order chi connectivity index (χ1) is 16.3. The molecule has 3 aromatic carbocycles. The van der Waals surface area contributed by atoms with Crippen LogP contribution in [0.3, 0.4) is 0 Å². The van der Waals surface area contributed by atoms with Gasteiger partial charge in [0, 0.05) is 29.4 Å². The van der Waals surface area contributed by atoms with E-state index in [0.717, 1.165) is 18.9 Å². The van der Waals surface area contributed by atoms with Crippen molar-refractivity contribution in [3.8, 4) is 0 Å². The van der Waals surface area contributed by atoms with Gasteiger partial charge in [-0.25, -0.2) is 0 Å². The Hall–Kier alpha value is -4.24. The van der Waals surface area contributed by atoms with Crippen LogP contribution in [0.5, 0.6) is 0 Å². The molecule has 0 atom stereocenters. The fraction of sp³-hybridized carbons (Fsp3) is 0.125. The number of nitrogens with one attached hydrogen (secondary N) is 3. The van der Waals surface area contributed by atoms with Crippen molar-refractivity contribution >= 4 is 46.4 Å². The Morgan fingerprint density at radius 1 is 0.853 bits per heavy atom. The second-order valence-electron chi connectivity index (χ2n) is 7.70. The molecule has 0 radical (unpaired) electrons. The van der Waals surface area contributed by atoms with Crippen molar-refractivity contribution < 1.29 is 19.3 Å². The van der Waals surface area contributed by atoms with Gasteiger partial charge in [0.25, 0.3) is 23.4 Å². The molecule has 0 heterocycles. The normalized spacial score (nSPS) is 12.5. The molecule has 1 fully saturated rings. The number of nitrogens with zero attached hydrogens (tertiary/aromatic N) is 1. The molecule has 3 amide bonds. The van der Waals surface area contributed by atoms with Crippen LogP contribution in [0, 0.1) is 10.1 Å². The van der Waals surface area contributed by atoms with Crippen LogP contribution in [0.1, 0.15) is 43.9 Å². The van der Waals surface area contributed by atoms with Gasteiger partial charge in [-0.1, -0.05) is 23.7 Å². The number of hydrogen-bond donors (Lipinski definition) is 3. The zero-order valence-corrected chi connectivity index (χ0v) is 18.5. The zero-order valence-electron chi connectivity index (χ0n) is 17.7. The molecule has 0 bridgehead atoms. The molecule has 1 aliphatic rings. The number of nitro benzene ring substituents is 1. The van der Waals surface area contributed by atoms with E-state index >= 15 is 0 Å². The van der Waals surface area contributed by atoms with E-state index in [0.29, 0.717) is 11.3 Å².